The maximum atomic E-state index is 7.28. The van der Waals surface area contributed by atoms with Gasteiger partial charge in [-0.1, -0.05) is 234 Å². The molecule has 354 valence electrons. The maximum Gasteiger partial charge on any atom is 0.148 e. The summed E-state index contributed by atoms with van der Waals surface area (Å²) in [6.07, 6.45) is 49.0. The summed E-state index contributed by atoms with van der Waals surface area (Å²) in [5.74, 6) is 7.47. The topological polar surface area (TPSA) is 9.23 Å². The van der Waals surface area contributed by atoms with Gasteiger partial charge in [-0.15, -0.1) is 58.8 Å². The van der Waals surface area contributed by atoms with Crippen LogP contribution in [-0.4, -0.2) is 35.4 Å². The van der Waals surface area contributed by atoms with E-state index in [4.69, 9.17) is 4.74 Å². The predicted octanol–water partition coefficient (Wildman–Crippen LogP) is 21.7. The van der Waals surface area contributed by atoms with E-state index >= 15 is 0 Å². The van der Waals surface area contributed by atoms with Crippen molar-refractivity contribution in [2.75, 3.05) is 35.4 Å². The molecule has 0 heterocycles. The summed E-state index contributed by atoms with van der Waals surface area (Å²) >= 11 is 11.1. The molecule has 1 aromatic carbocycles. The lowest BCUT2D eigenvalue weighted by molar-refractivity contribution is 0.287. The van der Waals surface area contributed by atoms with Crippen LogP contribution in [0.5, 0.6) is 5.75 Å². The van der Waals surface area contributed by atoms with Crippen LogP contribution in [0.3, 0.4) is 0 Å². The highest BCUT2D eigenvalue weighted by atomic mass is 32.2. The largest absolute Gasteiger partial charge is 0.491 e. The van der Waals surface area contributed by atoms with Gasteiger partial charge in [0.1, 0.15) is 5.75 Å². The molecule has 1 aromatic rings. The van der Waals surface area contributed by atoms with Gasteiger partial charge >= 0.3 is 0 Å². The van der Waals surface area contributed by atoms with E-state index in [1.54, 1.807) is 14.7 Å². The standard InChI is InChI=1S/C54H102OS5/c1-7-13-19-25-31-37-43-55-49-50(56-44-38-32-26-20-14-8-2)52(58-46-40-34-28-22-16-10-4)54(60-48-42-36-30-24-18-12-6)53(59-47-41-35-29-23-17-11-5)51(49)57-45-39-33-27-21-15-9-3/h7-48H2,1-6H3. The van der Waals surface area contributed by atoms with Gasteiger partial charge in [0.2, 0.25) is 0 Å². The summed E-state index contributed by atoms with van der Waals surface area (Å²) in [5, 5.41) is 0. The quantitative estimate of drug-likeness (QED) is 0.0472. The zero-order valence-electron chi connectivity index (χ0n) is 41.1. The van der Waals surface area contributed by atoms with Crippen LogP contribution < -0.4 is 4.74 Å². The number of hydrogen-bond donors (Lipinski definition) is 0. The van der Waals surface area contributed by atoms with Crippen molar-refractivity contribution in [1.82, 2.24) is 0 Å². The van der Waals surface area contributed by atoms with Gasteiger partial charge < -0.3 is 4.74 Å². The second-order valence-electron chi connectivity index (χ2n) is 17.7. The van der Waals surface area contributed by atoms with E-state index < -0.39 is 0 Å². The van der Waals surface area contributed by atoms with Crippen LogP contribution >= 0.6 is 58.8 Å². The molecule has 0 saturated carbocycles. The fourth-order valence-corrected chi connectivity index (χ4v) is 14.6. The average Bonchev–Trinajstić information content (AvgIpc) is 3.26. The van der Waals surface area contributed by atoms with Crippen molar-refractivity contribution in [3.05, 3.63) is 0 Å². The molecule has 0 spiro atoms. The third kappa shape index (κ3) is 31.6. The molecule has 0 radical (unpaired) electrons. The summed E-state index contributed by atoms with van der Waals surface area (Å²) in [4.78, 5) is 7.94. The Morgan fingerprint density at radius 3 is 0.700 bits per heavy atom. The van der Waals surface area contributed by atoms with Gasteiger partial charge in [0, 0.05) is 14.7 Å². The Labute approximate surface area is 399 Å². The van der Waals surface area contributed by atoms with E-state index in [9.17, 15) is 0 Å². The lowest BCUT2D eigenvalue weighted by Crippen LogP contribution is -2.05. The Morgan fingerprint density at radius 2 is 0.433 bits per heavy atom. The van der Waals surface area contributed by atoms with Crippen LogP contribution in [0.2, 0.25) is 0 Å². The van der Waals surface area contributed by atoms with E-state index in [2.05, 4.69) is 100 Å². The highest BCUT2D eigenvalue weighted by Gasteiger charge is 2.27. The molecule has 0 aliphatic rings. The molecule has 0 aromatic heterocycles. The molecule has 0 bridgehead atoms. The molecule has 1 rings (SSSR count). The molecule has 0 saturated heterocycles. The van der Waals surface area contributed by atoms with E-state index in [0.717, 1.165) is 6.61 Å². The van der Waals surface area contributed by atoms with Crippen molar-refractivity contribution in [1.29, 1.82) is 0 Å². The van der Waals surface area contributed by atoms with Crippen LogP contribution in [0.25, 0.3) is 0 Å². The predicted molar refractivity (Wildman–Crippen MR) is 286 cm³/mol. The minimum atomic E-state index is 0.870. The van der Waals surface area contributed by atoms with Crippen molar-refractivity contribution in [3.63, 3.8) is 0 Å². The zero-order valence-corrected chi connectivity index (χ0v) is 45.2. The molecule has 0 aliphatic carbocycles. The first kappa shape index (κ1) is 58.8. The van der Waals surface area contributed by atoms with E-state index in [-0.39, 0.29) is 0 Å². The second kappa shape index (κ2) is 46.3. The number of ether oxygens (including phenoxy) is 1. The molecular formula is C54H102OS5. The Kier molecular flexibility index (Phi) is 45.4. The summed E-state index contributed by atoms with van der Waals surface area (Å²) in [6, 6.07) is 0. The van der Waals surface area contributed by atoms with Crippen LogP contribution in [0, 0.1) is 0 Å². The summed E-state index contributed by atoms with van der Waals surface area (Å²) in [5.41, 5.74) is 0. The van der Waals surface area contributed by atoms with Gasteiger partial charge in [-0.25, -0.2) is 0 Å². The third-order valence-corrected chi connectivity index (χ3v) is 18.1. The van der Waals surface area contributed by atoms with Gasteiger partial charge in [0.05, 0.1) is 16.4 Å². The number of thioether (sulfide) groups is 5. The SMILES string of the molecule is CCCCCCCCOc1c(SCCCCCCCC)c(SCCCCCCCC)c(SCCCCCCCC)c(SCCCCCCCC)c1SCCCCCCCC. The highest BCUT2D eigenvalue weighted by Crippen LogP contribution is 2.55. The van der Waals surface area contributed by atoms with Crippen LogP contribution in [0.4, 0.5) is 0 Å². The van der Waals surface area contributed by atoms with Crippen molar-refractivity contribution in [3.8, 4) is 5.75 Å². The molecule has 0 amide bonds. The van der Waals surface area contributed by atoms with Gasteiger partial charge in [-0.3, -0.25) is 0 Å². The fraction of sp³-hybridized carbons (Fsp3) is 0.889. The smallest absolute Gasteiger partial charge is 0.148 e. The van der Waals surface area contributed by atoms with Crippen LogP contribution in [0.15, 0.2) is 24.5 Å². The molecule has 6 heteroatoms. The Hall–Kier alpha value is 0.770. The fourth-order valence-electron chi connectivity index (χ4n) is 7.74. The molecule has 0 N–H and O–H groups in total. The molecule has 0 unspecified atom stereocenters. The lowest BCUT2D eigenvalue weighted by Gasteiger charge is -2.26. The van der Waals surface area contributed by atoms with Crippen LogP contribution in [0.1, 0.15) is 273 Å². The highest BCUT2D eigenvalue weighted by molar-refractivity contribution is 8.05. The van der Waals surface area contributed by atoms with E-state index in [0.29, 0.717) is 0 Å². The first-order valence-electron chi connectivity index (χ1n) is 26.7. The van der Waals surface area contributed by atoms with Gasteiger partial charge in [0.15, 0.2) is 0 Å². The maximum absolute atomic E-state index is 7.28. The summed E-state index contributed by atoms with van der Waals surface area (Å²) in [6.45, 7) is 14.9. The number of benzene rings is 1. The van der Waals surface area contributed by atoms with E-state index in [1.165, 1.54) is 275 Å². The minimum Gasteiger partial charge on any atom is -0.491 e. The van der Waals surface area contributed by atoms with Gasteiger partial charge in [0.25, 0.3) is 0 Å². The molecule has 0 atom stereocenters. The monoisotopic (exact) mass is 927 g/mol. The lowest BCUT2D eigenvalue weighted by atomic mass is 10.1. The van der Waals surface area contributed by atoms with Crippen molar-refractivity contribution >= 4 is 58.8 Å². The molecule has 1 nitrogen and oxygen atoms in total. The first-order valence-corrected chi connectivity index (χ1v) is 31.6. The van der Waals surface area contributed by atoms with Crippen LogP contribution in [-0.2, 0) is 0 Å². The number of rotatable bonds is 48. The van der Waals surface area contributed by atoms with Crippen molar-refractivity contribution in [2.45, 2.75) is 297 Å². The normalized spacial score (nSPS) is 11.6. The van der Waals surface area contributed by atoms with Crippen molar-refractivity contribution in [2.24, 2.45) is 0 Å². The Balaban J connectivity index is 3.72. The zero-order chi connectivity index (χ0) is 43.4. The molecule has 0 aliphatic heterocycles. The number of unbranched alkanes of at least 4 members (excludes halogenated alkanes) is 30. The first-order chi connectivity index (χ1) is 29.7. The molecule has 0 fully saturated rings. The van der Waals surface area contributed by atoms with Gasteiger partial charge in [-0.05, 0) is 67.3 Å². The number of hydrogen-bond acceptors (Lipinski definition) is 6. The van der Waals surface area contributed by atoms with Crippen molar-refractivity contribution < 1.29 is 4.74 Å². The molecule has 60 heavy (non-hydrogen) atoms. The minimum absolute atomic E-state index is 0.870. The summed E-state index contributed by atoms with van der Waals surface area (Å²) in [7, 11) is 0. The average molecular weight is 928 g/mol. The second-order valence-corrected chi connectivity index (χ2v) is 23.2. The third-order valence-electron chi connectivity index (χ3n) is 11.7. The Bertz CT molecular complexity index is 818. The van der Waals surface area contributed by atoms with Gasteiger partial charge in [-0.2, -0.15) is 0 Å². The van der Waals surface area contributed by atoms with E-state index in [1.807, 2.05) is 0 Å². The Morgan fingerprint density at radius 1 is 0.233 bits per heavy atom. The summed E-state index contributed by atoms with van der Waals surface area (Å²) < 4.78 is 7.28. The molecular weight excluding hydrogens is 825 g/mol.